The summed E-state index contributed by atoms with van der Waals surface area (Å²) in [5.41, 5.74) is 9.95. The van der Waals surface area contributed by atoms with E-state index in [-0.39, 0.29) is 11.3 Å². The Bertz CT molecular complexity index is 1590. The van der Waals surface area contributed by atoms with Gasteiger partial charge >= 0.3 is 0 Å². The van der Waals surface area contributed by atoms with Crippen LogP contribution < -0.4 is 19.9 Å². The van der Waals surface area contributed by atoms with Crippen LogP contribution in [0.5, 0.6) is 17.2 Å². The first-order chi connectivity index (χ1) is 22.0. The van der Waals surface area contributed by atoms with Gasteiger partial charge in [0.25, 0.3) is 0 Å². The number of ether oxygens (including phenoxy) is 4. The van der Waals surface area contributed by atoms with Crippen molar-refractivity contribution in [2.45, 2.75) is 63.2 Å². The molecule has 10 heteroatoms. The highest BCUT2D eigenvalue weighted by Gasteiger charge is 2.44. The monoisotopic (exact) mass is 628 g/mol. The second-order valence-corrected chi connectivity index (χ2v) is 11.8. The Hall–Kier alpha value is -4.45. The Morgan fingerprint density at radius 1 is 0.739 bits per heavy atom. The fraction of sp³-hybridized carbons (Fsp3) is 0.306. The lowest BCUT2D eigenvalue weighted by Crippen LogP contribution is -2.60. The number of nitrogens with one attached hydrogen (secondary N) is 1. The lowest BCUT2D eigenvalue weighted by molar-refractivity contribution is -0.277. The van der Waals surface area contributed by atoms with Crippen LogP contribution in [-0.4, -0.2) is 63.6 Å². The molecule has 5 rings (SSSR count). The van der Waals surface area contributed by atoms with Crippen molar-refractivity contribution in [1.82, 2.24) is 0 Å². The van der Waals surface area contributed by atoms with Gasteiger partial charge in [-0.05, 0) is 76.9 Å². The van der Waals surface area contributed by atoms with Gasteiger partial charge in [0.2, 0.25) is 6.29 Å². The molecule has 4 aromatic carbocycles. The smallest absolute Gasteiger partial charge is 0.229 e. The van der Waals surface area contributed by atoms with Gasteiger partial charge in [0, 0.05) is 11.0 Å². The van der Waals surface area contributed by atoms with Gasteiger partial charge in [-0.2, -0.15) is 0 Å². The number of aliphatic hydroxyl groups is 4. The molecular formula is C36H40N2O8. The molecular weight excluding hydrogens is 588 g/mol. The average Bonchev–Trinajstić information content (AvgIpc) is 3.07. The number of rotatable bonds is 12. The number of hydrogen-bond acceptors (Lipinski definition) is 9. The molecule has 1 heterocycles. The van der Waals surface area contributed by atoms with Crippen LogP contribution in [0, 0.1) is 5.41 Å². The standard InChI is InChI=1S/C36H40N2O8/c1-36(2,26-10-16-29(17-11-26)45-35-33(42)32(41)31(40)30(19-39)46-35)25-8-14-28(15-9-25)44-21-23-5-3-4-22(18-23)20-43-27-12-6-24(7-13-27)34(37)38/h3-18,30-33,35,39-42H,19-21H2,1-2H3,(H3,37,38)/t30-,31-,32+,33-,35-/m1/s1. The summed E-state index contributed by atoms with van der Waals surface area (Å²) in [7, 11) is 0. The maximum Gasteiger partial charge on any atom is 0.229 e. The summed E-state index contributed by atoms with van der Waals surface area (Å²) < 4.78 is 23.1. The molecule has 0 radical (unpaired) electrons. The zero-order valence-electron chi connectivity index (χ0n) is 25.7. The van der Waals surface area contributed by atoms with Crippen molar-refractivity contribution < 1.29 is 39.4 Å². The Balaban J connectivity index is 1.15. The fourth-order valence-corrected chi connectivity index (χ4v) is 5.26. The van der Waals surface area contributed by atoms with E-state index >= 15 is 0 Å². The third-order valence-corrected chi connectivity index (χ3v) is 8.22. The second kappa shape index (κ2) is 14.3. The van der Waals surface area contributed by atoms with Crippen LogP contribution >= 0.6 is 0 Å². The third-order valence-electron chi connectivity index (χ3n) is 8.22. The minimum atomic E-state index is -1.50. The van der Waals surface area contributed by atoms with Crippen molar-refractivity contribution in [3.05, 3.63) is 125 Å². The molecule has 0 aromatic heterocycles. The van der Waals surface area contributed by atoms with E-state index in [0.717, 1.165) is 28.0 Å². The van der Waals surface area contributed by atoms with E-state index in [1.54, 1.807) is 36.4 Å². The minimum Gasteiger partial charge on any atom is -0.489 e. The van der Waals surface area contributed by atoms with E-state index in [2.05, 4.69) is 13.8 Å². The van der Waals surface area contributed by atoms with Crippen LogP contribution in [0.4, 0.5) is 0 Å². The van der Waals surface area contributed by atoms with Gasteiger partial charge in [-0.15, -0.1) is 0 Å². The van der Waals surface area contributed by atoms with Crippen molar-refractivity contribution in [1.29, 1.82) is 5.41 Å². The summed E-state index contributed by atoms with van der Waals surface area (Å²) in [5, 5.41) is 47.2. The molecule has 0 saturated carbocycles. The largest absolute Gasteiger partial charge is 0.489 e. The summed E-state index contributed by atoms with van der Waals surface area (Å²) in [6.07, 6.45) is -6.70. The van der Waals surface area contributed by atoms with Crippen LogP contribution in [0.2, 0.25) is 0 Å². The van der Waals surface area contributed by atoms with Gasteiger partial charge in [-0.25, -0.2) is 0 Å². The first-order valence-corrected chi connectivity index (χ1v) is 15.0. The van der Waals surface area contributed by atoms with Crippen LogP contribution in [0.25, 0.3) is 0 Å². The molecule has 10 nitrogen and oxygen atoms in total. The second-order valence-electron chi connectivity index (χ2n) is 11.8. The van der Waals surface area contributed by atoms with Gasteiger partial charge in [0.1, 0.15) is 60.7 Å². The van der Waals surface area contributed by atoms with Gasteiger partial charge < -0.3 is 45.1 Å². The number of amidine groups is 1. The lowest BCUT2D eigenvalue weighted by Gasteiger charge is -2.39. The van der Waals surface area contributed by atoms with E-state index in [1.165, 1.54) is 0 Å². The third kappa shape index (κ3) is 7.67. The molecule has 0 unspecified atom stereocenters. The van der Waals surface area contributed by atoms with Crippen LogP contribution in [0.1, 0.15) is 41.7 Å². The molecule has 0 aliphatic carbocycles. The molecule has 1 aliphatic rings. The van der Waals surface area contributed by atoms with Crippen LogP contribution in [0.15, 0.2) is 97.1 Å². The summed E-state index contributed by atoms with van der Waals surface area (Å²) in [4.78, 5) is 0. The number of aliphatic hydroxyl groups excluding tert-OH is 4. The topological polar surface area (TPSA) is 168 Å². The molecule has 1 fully saturated rings. The predicted molar refractivity (Wildman–Crippen MR) is 172 cm³/mol. The first-order valence-electron chi connectivity index (χ1n) is 15.0. The van der Waals surface area contributed by atoms with Crippen molar-refractivity contribution in [3.8, 4) is 17.2 Å². The number of nitrogen functional groups attached to an aromatic ring is 1. The Labute approximate surface area is 268 Å². The molecule has 0 bridgehead atoms. The van der Waals surface area contributed by atoms with E-state index in [0.29, 0.717) is 30.3 Å². The molecule has 1 saturated heterocycles. The summed E-state index contributed by atoms with van der Waals surface area (Å²) >= 11 is 0. The quantitative estimate of drug-likeness (QED) is 0.101. The molecule has 1 aliphatic heterocycles. The van der Waals surface area contributed by atoms with E-state index < -0.39 is 37.3 Å². The first kappa shape index (κ1) is 32.9. The molecule has 7 N–H and O–H groups in total. The van der Waals surface area contributed by atoms with Gasteiger partial charge in [0.05, 0.1) is 6.61 Å². The van der Waals surface area contributed by atoms with E-state index in [4.69, 9.17) is 30.1 Å². The molecule has 46 heavy (non-hydrogen) atoms. The van der Waals surface area contributed by atoms with Gasteiger partial charge in [0.15, 0.2) is 0 Å². The molecule has 4 aromatic rings. The van der Waals surface area contributed by atoms with Crippen molar-refractivity contribution in [3.63, 3.8) is 0 Å². The average molecular weight is 629 g/mol. The normalized spacial score (nSPS) is 21.4. The highest BCUT2D eigenvalue weighted by molar-refractivity contribution is 5.94. The number of benzene rings is 4. The highest BCUT2D eigenvalue weighted by Crippen LogP contribution is 2.34. The summed E-state index contributed by atoms with van der Waals surface area (Å²) in [6.45, 7) is 4.51. The molecule has 242 valence electrons. The molecule has 0 spiro atoms. The zero-order valence-corrected chi connectivity index (χ0v) is 25.7. The van der Waals surface area contributed by atoms with Crippen LogP contribution in [-0.2, 0) is 23.4 Å². The zero-order chi connectivity index (χ0) is 32.8. The molecule has 5 atom stereocenters. The van der Waals surface area contributed by atoms with Gasteiger partial charge in [-0.1, -0.05) is 56.3 Å². The fourth-order valence-electron chi connectivity index (χ4n) is 5.26. The minimum absolute atomic E-state index is 0.0214. The predicted octanol–water partition coefficient (Wildman–Crippen LogP) is 3.63. The van der Waals surface area contributed by atoms with Crippen molar-refractivity contribution in [2.24, 2.45) is 5.73 Å². The van der Waals surface area contributed by atoms with Crippen molar-refractivity contribution >= 4 is 5.84 Å². The summed E-state index contributed by atoms with van der Waals surface area (Å²) in [6, 6.07) is 30.5. The van der Waals surface area contributed by atoms with Crippen molar-refractivity contribution in [2.75, 3.05) is 6.61 Å². The number of hydrogen-bond donors (Lipinski definition) is 6. The SMILES string of the molecule is CC(C)(c1ccc(OCc2cccc(COc3ccc(C(=N)N)cc3)c2)cc1)c1ccc(O[C@@H]2O[C@H](CO)[C@@H](O)[C@H](O)[C@H]2O)cc1. The van der Waals surface area contributed by atoms with Gasteiger partial charge in [-0.3, -0.25) is 5.41 Å². The highest BCUT2D eigenvalue weighted by atomic mass is 16.7. The Morgan fingerprint density at radius 2 is 1.24 bits per heavy atom. The van der Waals surface area contributed by atoms with E-state index in [9.17, 15) is 20.4 Å². The maximum absolute atomic E-state index is 10.3. The molecule has 0 amide bonds. The Kier molecular flexibility index (Phi) is 10.3. The lowest BCUT2D eigenvalue weighted by atomic mass is 9.78. The van der Waals surface area contributed by atoms with E-state index in [1.807, 2.05) is 60.7 Å². The Morgan fingerprint density at radius 3 is 1.74 bits per heavy atom. The summed E-state index contributed by atoms with van der Waals surface area (Å²) in [5.74, 6) is 1.88. The number of nitrogens with two attached hydrogens (primary N) is 1. The van der Waals surface area contributed by atoms with Crippen LogP contribution in [0.3, 0.4) is 0 Å². The maximum atomic E-state index is 10.3.